The fourth-order valence-corrected chi connectivity index (χ4v) is 7.90. The molecule has 2 amide bonds. The first-order chi connectivity index (χ1) is 17.9. The topological polar surface area (TPSA) is 109 Å². The molecular formula is C26H35N3O6S2Si. The minimum atomic E-state index is -1.69. The number of hydrogen-bond donors (Lipinski definition) is 1. The molecule has 1 aromatic heterocycles. The lowest BCUT2D eigenvalue weighted by Crippen LogP contribution is -2.60. The molecule has 0 bridgehead atoms. The van der Waals surface area contributed by atoms with Gasteiger partial charge in [0.2, 0.25) is 5.91 Å². The Morgan fingerprint density at radius 1 is 1.34 bits per heavy atom. The number of carboxylic acids is 1. The Balaban J connectivity index is 1.47. The largest absolute Gasteiger partial charge is 0.477 e. The Bertz CT molecular complexity index is 1190. The summed E-state index contributed by atoms with van der Waals surface area (Å²) >= 11 is 2.75. The van der Waals surface area contributed by atoms with Gasteiger partial charge in [-0.15, -0.1) is 11.3 Å². The van der Waals surface area contributed by atoms with Crippen LogP contribution in [0.5, 0.6) is 0 Å². The van der Waals surface area contributed by atoms with Gasteiger partial charge in [0.05, 0.1) is 24.2 Å². The summed E-state index contributed by atoms with van der Waals surface area (Å²) in [5.74, 6) is -1.58. The van der Waals surface area contributed by atoms with Crippen molar-refractivity contribution >= 4 is 55.0 Å². The summed E-state index contributed by atoms with van der Waals surface area (Å²) in [6.07, 6.45) is 4.52. The van der Waals surface area contributed by atoms with Crippen LogP contribution in [0.2, 0.25) is 19.6 Å². The number of carboxylic acid groups (broad SMARTS) is 1. The van der Waals surface area contributed by atoms with Crippen molar-refractivity contribution in [1.82, 2.24) is 14.8 Å². The second kappa shape index (κ2) is 11.4. The monoisotopic (exact) mass is 577 g/mol. The van der Waals surface area contributed by atoms with Gasteiger partial charge in [-0.05, 0) is 45.0 Å². The van der Waals surface area contributed by atoms with Crippen molar-refractivity contribution in [2.45, 2.75) is 62.8 Å². The number of hydrogen-bond acceptors (Lipinski definition) is 8. The van der Waals surface area contributed by atoms with Gasteiger partial charge in [0.25, 0.3) is 0 Å². The van der Waals surface area contributed by atoms with E-state index in [1.807, 2.05) is 19.2 Å². The summed E-state index contributed by atoms with van der Waals surface area (Å²) in [6, 6.07) is -0.157. The maximum atomic E-state index is 13.0. The molecule has 4 rings (SSSR count). The standard InChI is InChI=1S/C26H35N3O6S2Si/c1-7-11-34-26(33)28-13-17(9-8-15(28)2)19-14-36-25(27-19)37-22-16(3)20-18(10-12-35-38(4,5)6)23(30)29(20)21(22)24(31)32/h7,9,14-16,18,20H,1,8,10-13H2,2-6H3,(H,31,32)/t15?,16-,18+,20-/m1/s1. The smallest absolute Gasteiger partial charge is 0.410 e. The van der Waals surface area contributed by atoms with Crippen molar-refractivity contribution in [2.75, 3.05) is 19.8 Å². The SMILES string of the molecule is C=CCOC(=O)N1CC(c2csc(SC3=C(C(=O)O)N4C(=O)[C@@H](CCO[Si](C)(C)C)[C@H]4[C@H]3C)n2)=CCC1C. The van der Waals surface area contributed by atoms with E-state index >= 15 is 0 Å². The van der Waals surface area contributed by atoms with Crippen molar-refractivity contribution in [3.63, 3.8) is 0 Å². The highest BCUT2D eigenvalue weighted by atomic mass is 32.2. The highest BCUT2D eigenvalue weighted by Crippen LogP contribution is 2.52. The van der Waals surface area contributed by atoms with Crippen LogP contribution < -0.4 is 0 Å². The molecule has 1 N–H and O–H groups in total. The number of thiazole rings is 1. The van der Waals surface area contributed by atoms with Gasteiger partial charge in [0.15, 0.2) is 12.7 Å². The number of amides is 2. The molecule has 1 unspecified atom stereocenters. The molecule has 0 spiro atoms. The zero-order chi connectivity index (χ0) is 27.8. The highest BCUT2D eigenvalue weighted by Gasteiger charge is 2.58. The zero-order valence-electron chi connectivity index (χ0n) is 22.4. The number of carbonyl (C=O) groups is 3. The van der Waals surface area contributed by atoms with Crippen LogP contribution in [-0.2, 0) is 18.8 Å². The van der Waals surface area contributed by atoms with E-state index in [4.69, 9.17) is 14.1 Å². The van der Waals surface area contributed by atoms with Crippen LogP contribution in [0.3, 0.4) is 0 Å². The summed E-state index contributed by atoms with van der Waals surface area (Å²) in [5.41, 5.74) is 1.75. The van der Waals surface area contributed by atoms with Gasteiger partial charge in [0, 0.05) is 28.9 Å². The molecule has 4 heterocycles. The molecule has 0 saturated carbocycles. The van der Waals surface area contributed by atoms with E-state index < -0.39 is 14.3 Å². The molecule has 38 heavy (non-hydrogen) atoms. The minimum Gasteiger partial charge on any atom is -0.477 e. The van der Waals surface area contributed by atoms with Gasteiger partial charge in [-0.3, -0.25) is 4.79 Å². The quantitative estimate of drug-likeness (QED) is 0.234. The molecule has 3 aliphatic heterocycles. The van der Waals surface area contributed by atoms with Crippen LogP contribution in [0.1, 0.15) is 32.4 Å². The third-order valence-electron chi connectivity index (χ3n) is 6.98. The summed E-state index contributed by atoms with van der Waals surface area (Å²) in [7, 11) is -1.69. The second-order valence-electron chi connectivity index (χ2n) is 10.8. The molecule has 1 fully saturated rings. The lowest BCUT2D eigenvalue weighted by Gasteiger charge is -2.45. The number of aromatic nitrogens is 1. The van der Waals surface area contributed by atoms with E-state index in [1.165, 1.54) is 34.1 Å². The van der Waals surface area contributed by atoms with E-state index in [2.05, 4.69) is 32.3 Å². The number of nitrogens with zero attached hydrogens (tertiary/aromatic N) is 3. The van der Waals surface area contributed by atoms with Crippen LogP contribution in [-0.4, -0.2) is 78.0 Å². The van der Waals surface area contributed by atoms with Gasteiger partial charge in [0.1, 0.15) is 12.3 Å². The number of aliphatic carboxylic acids is 1. The Morgan fingerprint density at radius 2 is 2.08 bits per heavy atom. The molecule has 4 atom stereocenters. The van der Waals surface area contributed by atoms with Gasteiger partial charge in [-0.2, -0.15) is 0 Å². The first-order valence-electron chi connectivity index (χ1n) is 12.7. The number of fused-ring (bicyclic) bond motifs is 1. The van der Waals surface area contributed by atoms with E-state index in [1.54, 1.807) is 4.90 Å². The fourth-order valence-electron chi connectivity index (χ4n) is 5.06. The number of ether oxygens (including phenoxy) is 1. The van der Waals surface area contributed by atoms with Crippen molar-refractivity contribution in [1.29, 1.82) is 0 Å². The summed E-state index contributed by atoms with van der Waals surface area (Å²) < 4.78 is 11.9. The number of β-lactam (4-membered cyclic amide) rings is 1. The average molecular weight is 578 g/mol. The molecule has 3 aliphatic rings. The maximum absolute atomic E-state index is 13.0. The van der Waals surface area contributed by atoms with Crippen LogP contribution in [0, 0.1) is 11.8 Å². The summed E-state index contributed by atoms with van der Waals surface area (Å²) in [5, 5.41) is 11.9. The van der Waals surface area contributed by atoms with Crippen LogP contribution >= 0.6 is 23.1 Å². The molecule has 0 aliphatic carbocycles. The molecule has 206 valence electrons. The van der Waals surface area contributed by atoms with Crippen LogP contribution in [0.25, 0.3) is 5.57 Å². The predicted molar refractivity (Wildman–Crippen MR) is 150 cm³/mol. The minimum absolute atomic E-state index is 0.0114. The third kappa shape index (κ3) is 5.78. The van der Waals surface area contributed by atoms with E-state index in [-0.39, 0.29) is 48.2 Å². The Hall–Kier alpha value is -2.41. The highest BCUT2D eigenvalue weighted by molar-refractivity contribution is 8.04. The Morgan fingerprint density at radius 3 is 2.74 bits per heavy atom. The van der Waals surface area contributed by atoms with Crippen LogP contribution in [0.15, 0.2) is 39.1 Å². The zero-order valence-corrected chi connectivity index (χ0v) is 25.1. The Labute approximate surface area is 232 Å². The molecule has 0 aromatic carbocycles. The third-order valence-corrected chi connectivity index (χ3v) is 10.3. The van der Waals surface area contributed by atoms with Gasteiger partial charge in [-0.25, -0.2) is 14.6 Å². The fraction of sp³-hybridized carbons (Fsp3) is 0.538. The first-order valence-corrected chi connectivity index (χ1v) is 17.8. The molecular weight excluding hydrogens is 543 g/mol. The molecule has 0 radical (unpaired) electrons. The van der Waals surface area contributed by atoms with Crippen molar-refractivity contribution in [3.8, 4) is 0 Å². The average Bonchev–Trinajstić information content (AvgIpc) is 3.41. The molecule has 12 heteroatoms. The van der Waals surface area contributed by atoms with E-state index in [0.717, 1.165) is 11.3 Å². The Kier molecular flexibility index (Phi) is 8.55. The second-order valence-corrected chi connectivity index (χ2v) is 17.4. The summed E-state index contributed by atoms with van der Waals surface area (Å²) in [6.45, 7) is 14.9. The molecule has 1 saturated heterocycles. The number of rotatable bonds is 10. The predicted octanol–water partition coefficient (Wildman–Crippen LogP) is 5.05. The summed E-state index contributed by atoms with van der Waals surface area (Å²) in [4.78, 5) is 46.2. The van der Waals surface area contributed by atoms with Crippen molar-refractivity contribution in [2.24, 2.45) is 11.8 Å². The van der Waals surface area contributed by atoms with Gasteiger partial charge in [-0.1, -0.05) is 37.4 Å². The van der Waals surface area contributed by atoms with Crippen LogP contribution in [0.4, 0.5) is 4.79 Å². The maximum Gasteiger partial charge on any atom is 0.410 e. The first kappa shape index (κ1) is 28.6. The van der Waals surface area contributed by atoms with Crippen molar-refractivity contribution < 1.29 is 28.7 Å². The van der Waals surface area contributed by atoms with Gasteiger partial charge >= 0.3 is 12.1 Å². The molecule has 1 aromatic rings. The number of thioether (sulfide) groups is 1. The normalized spacial score (nSPS) is 25.2. The van der Waals surface area contributed by atoms with Gasteiger partial charge < -0.3 is 24.1 Å². The van der Waals surface area contributed by atoms with E-state index in [0.29, 0.717) is 35.2 Å². The lowest BCUT2D eigenvalue weighted by molar-refractivity contribution is -0.157. The number of carbonyl (C=O) groups excluding carboxylic acids is 2. The lowest BCUT2D eigenvalue weighted by atomic mass is 9.80. The molecule has 9 nitrogen and oxygen atoms in total. The van der Waals surface area contributed by atoms with E-state index in [9.17, 15) is 19.5 Å². The van der Waals surface area contributed by atoms with Crippen molar-refractivity contribution in [3.05, 3.63) is 40.4 Å².